The average molecular weight is 276 g/mol. The van der Waals surface area contributed by atoms with E-state index >= 15 is 0 Å². The van der Waals surface area contributed by atoms with E-state index < -0.39 is 5.97 Å². The number of pyridine rings is 1. The number of aromatic nitrogens is 1. The van der Waals surface area contributed by atoms with Gasteiger partial charge in [-0.3, -0.25) is 0 Å². The smallest absolute Gasteiger partial charge is 0.335 e. The molecule has 0 bridgehead atoms. The number of anilines is 1. The summed E-state index contributed by atoms with van der Waals surface area (Å²) in [6.45, 7) is 7.22. The highest BCUT2D eigenvalue weighted by molar-refractivity contribution is 5.88. The van der Waals surface area contributed by atoms with Crippen molar-refractivity contribution in [3.63, 3.8) is 0 Å². The lowest BCUT2D eigenvalue weighted by Gasteiger charge is -2.17. The Morgan fingerprint density at radius 2 is 2.20 bits per heavy atom. The van der Waals surface area contributed by atoms with Gasteiger partial charge in [-0.05, 0) is 36.3 Å². The van der Waals surface area contributed by atoms with E-state index in [2.05, 4.69) is 17.2 Å². The lowest BCUT2D eigenvalue weighted by Crippen LogP contribution is -2.17. The zero-order chi connectivity index (χ0) is 14.7. The van der Waals surface area contributed by atoms with Crippen LogP contribution in [0.25, 0.3) is 0 Å². The van der Waals surface area contributed by atoms with Crippen LogP contribution in [0.1, 0.15) is 62.0 Å². The second kappa shape index (κ2) is 6.25. The molecule has 1 saturated carbocycles. The van der Waals surface area contributed by atoms with Crippen LogP contribution in [0, 0.1) is 11.8 Å². The van der Waals surface area contributed by atoms with Gasteiger partial charge < -0.3 is 10.4 Å². The van der Waals surface area contributed by atoms with E-state index in [4.69, 9.17) is 0 Å². The maximum atomic E-state index is 11.2. The van der Waals surface area contributed by atoms with Crippen molar-refractivity contribution in [3.8, 4) is 0 Å². The van der Waals surface area contributed by atoms with Gasteiger partial charge in [-0.25, -0.2) is 9.78 Å². The van der Waals surface area contributed by atoms with Crippen LogP contribution in [0.3, 0.4) is 0 Å². The number of aromatic carboxylic acids is 1. The Labute approximate surface area is 120 Å². The number of hydrogen-bond acceptors (Lipinski definition) is 3. The van der Waals surface area contributed by atoms with Gasteiger partial charge in [-0.1, -0.05) is 33.6 Å². The van der Waals surface area contributed by atoms with E-state index in [0.717, 1.165) is 18.2 Å². The Hall–Kier alpha value is -1.58. The lowest BCUT2D eigenvalue weighted by atomic mass is 9.98. The van der Waals surface area contributed by atoms with Crippen LogP contribution in [0.15, 0.2) is 12.1 Å². The predicted octanol–water partition coefficient (Wildman–Crippen LogP) is 3.75. The van der Waals surface area contributed by atoms with Crippen LogP contribution in [-0.2, 0) is 0 Å². The summed E-state index contributed by atoms with van der Waals surface area (Å²) in [7, 11) is 0. The first-order chi connectivity index (χ1) is 9.47. The van der Waals surface area contributed by atoms with Crippen LogP contribution in [0.2, 0.25) is 0 Å². The van der Waals surface area contributed by atoms with Gasteiger partial charge in [0, 0.05) is 12.2 Å². The molecule has 1 heterocycles. The SMILES string of the molecule is CC(C)c1cc(C(=O)O)cc(NCC2CCCC2C)n1. The Morgan fingerprint density at radius 1 is 1.45 bits per heavy atom. The van der Waals surface area contributed by atoms with Gasteiger partial charge in [-0.2, -0.15) is 0 Å². The van der Waals surface area contributed by atoms with Gasteiger partial charge in [0.05, 0.1) is 5.56 Å². The minimum atomic E-state index is -0.897. The van der Waals surface area contributed by atoms with Gasteiger partial charge in [-0.15, -0.1) is 0 Å². The molecule has 1 fully saturated rings. The highest BCUT2D eigenvalue weighted by Gasteiger charge is 2.23. The first-order valence-corrected chi connectivity index (χ1v) is 7.46. The second-order valence-corrected chi connectivity index (χ2v) is 6.17. The third kappa shape index (κ3) is 3.50. The van der Waals surface area contributed by atoms with Crippen molar-refractivity contribution in [3.05, 3.63) is 23.4 Å². The zero-order valence-corrected chi connectivity index (χ0v) is 12.5. The van der Waals surface area contributed by atoms with E-state index in [1.807, 2.05) is 13.8 Å². The Morgan fingerprint density at radius 3 is 2.75 bits per heavy atom. The Kier molecular flexibility index (Phi) is 4.63. The molecule has 2 unspecified atom stereocenters. The van der Waals surface area contributed by atoms with Gasteiger partial charge >= 0.3 is 5.97 Å². The molecule has 1 aromatic heterocycles. The van der Waals surface area contributed by atoms with E-state index in [1.165, 1.54) is 19.3 Å². The summed E-state index contributed by atoms with van der Waals surface area (Å²) in [6.07, 6.45) is 3.85. The van der Waals surface area contributed by atoms with Gasteiger partial charge in [0.1, 0.15) is 5.82 Å². The second-order valence-electron chi connectivity index (χ2n) is 6.17. The number of hydrogen-bond donors (Lipinski definition) is 2. The Bertz CT molecular complexity index is 485. The molecular weight excluding hydrogens is 252 g/mol. The number of rotatable bonds is 5. The van der Waals surface area contributed by atoms with Crippen LogP contribution in [-0.4, -0.2) is 22.6 Å². The molecule has 0 amide bonds. The first kappa shape index (κ1) is 14.8. The largest absolute Gasteiger partial charge is 0.478 e. The molecule has 2 N–H and O–H groups in total. The van der Waals surface area contributed by atoms with Crippen molar-refractivity contribution >= 4 is 11.8 Å². The summed E-state index contributed by atoms with van der Waals surface area (Å²) < 4.78 is 0. The molecule has 0 saturated heterocycles. The summed E-state index contributed by atoms with van der Waals surface area (Å²) in [5.41, 5.74) is 1.14. The standard InChI is InChI=1S/C16H24N2O2/c1-10(2)14-7-13(16(19)20)8-15(18-14)17-9-12-6-4-5-11(12)3/h7-8,10-12H,4-6,9H2,1-3H3,(H,17,18)(H,19,20). The summed E-state index contributed by atoms with van der Waals surface area (Å²) in [4.78, 5) is 15.7. The van der Waals surface area contributed by atoms with Crippen molar-refractivity contribution in [2.45, 2.75) is 46.0 Å². The molecule has 0 aliphatic heterocycles. The van der Waals surface area contributed by atoms with Crippen LogP contribution in [0.4, 0.5) is 5.82 Å². The average Bonchev–Trinajstić information content (AvgIpc) is 2.81. The number of carboxylic acids is 1. The molecule has 4 heteroatoms. The number of nitrogens with zero attached hydrogens (tertiary/aromatic N) is 1. The fourth-order valence-corrected chi connectivity index (χ4v) is 2.82. The molecule has 1 aliphatic carbocycles. The van der Waals surface area contributed by atoms with Gasteiger partial charge in [0.15, 0.2) is 0 Å². The van der Waals surface area contributed by atoms with E-state index in [0.29, 0.717) is 17.3 Å². The van der Waals surface area contributed by atoms with Crippen LogP contribution in [0.5, 0.6) is 0 Å². The fourth-order valence-electron chi connectivity index (χ4n) is 2.82. The molecule has 4 nitrogen and oxygen atoms in total. The molecular formula is C16H24N2O2. The van der Waals surface area contributed by atoms with Crippen molar-refractivity contribution in [2.75, 3.05) is 11.9 Å². The molecule has 1 aliphatic rings. The van der Waals surface area contributed by atoms with Crippen molar-refractivity contribution < 1.29 is 9.90 Å². The molecule has 20 heavy (non-hydrogen) atoms. The number of carboxylic acid groups (broad SMARTS) is 1. The summed E-state index contributed by atoms with van der Waals surface area (Å²) >= 11 is 0. The maximum absolute atomic E-state index is 11.2. The minimum absolute atomic E-state index is 0.222. The van der Waals surface area contributed by atoms with Crippen molar-refractivity contribution in [1.82, 2.24) is 4.98 Å². The highest BCUT2D eigenvalue weighted by atomic mass is 16.4. The summed E-state index contributed by atoms with van der Waals surface area (Å²) in [5.74, 6) is 1.43. The minimum Gasteiger partial charge on any atom is -0.478 e. The van der Waals surface area contributed by atoms with Gasteiger partial charge in [0.25, 0.3) is 0 Å². The zero-order valence-electron chi connectivity index (χ0n) is 12.5. The number of carbonyl (C=O) groups is 1. The van der Waals surface area contributed by atoms with E-state index in [-0.39, 0.29) is 5.92 Å². The summed E-state index contributed by atoms with van der Waals surface area (Å²) in [6, 6.07) is 3.30. The lowest BCUT2D eigenvalue weighted by molar-refractivity contribution is 0.0696. The van der Waals surface area contributed by atoms with Crippen molar-refractivity contribution in [2.24, 2.45) is 11.8 Å². The molecule has 2 rings (SSSR count). The molecule has 0 aromatic carbocycles. The monoisotopic (exact) mass is 276 g/mol. The van der Waals surface area contributed by atoms with Crippen LogP contribution < -0.4 is 5.32 Å². The normalized spacial score (nSPS) is 22.2. The number of nitrogens with one attached hydrogen (secondary N) is 1. The predicted molar refractivity (Wildman–Crippen MR) is 80.3 cm³/mol. The fraction of sp³-hybridized carbons (Fsp3) is 0.625. The quantitative estimate of drug-likeness (QED) is 0.859. The molecule has 110 valence electrons. The van der Waals surface area contributed by atoms with Crippen molar-refractivity contribution in [1.29, 1.82) is 0 Å². The highest BCUT2D eigenvalue weighted by Crippen LogP contribution is 2.31. The first-order valence-electron chi connectivity index (χ1n) is 7.46. The maximum Gasteiger partial charge on any atom is 0.335 e. The molecule has 1 aromatic rings. The molecule has 0 radical (unpaired) electrons. The van der Waals surface area contributed by atoms with E-state index in [1.54, 1.807) is 12.1 Å². The topological polar surface area (TPSA) is 62.2 Å². The van der Waals surface area contributed by atoms with Crippen LogP contribution >= 0.6 is 0 Å². The van der Waals surface area contributed by atoms with Gasteiger partial charge in [0.2, 0.25) is 0 Å². The third-order valence-corrected chi connectivity index (χ3v) is 4.27. The van der Waals surface area contributed by atoms with E-state index in [9.17, 15) is 9.90 Å². The summed E-state index contributed by atoms with van der Waals surface area (Å²) in [5, 5.41) is 12.5. The molecule has 0 spiro atoms. The third-order valence-electron chi connectivity index (χ3n) is 4.27. The Balaban J connectivity index is 2.11. The molecule has 2 atom stereocenters.